The smallest absolute Gasteiger partial charge is 0.221 e. The Labute approximate surface area is 150 Å². The number of amides is 1. The van der Waals surface area contributed by atoms with Gasteiger partial charge in [0, 0.05) is 48.6 Å². The van der Waals surface area contributed by atoms with Crippen molar-refractivity contribution >= 4 is 11.6 Å². The highest BCUT2D eigenvalue weighted by Crippen LogP contribution is 2.24. The van der Waals surface area contributed by atoms with Crippen molar-refractivity contribution < 1.29 is 4.79 Å². The van der Waals surface area contributed by atoms with Crippen molar-refractivity contribution in [2.24, 2.45) is 0 Å². The van der Waals surface area contributed by atoms with E-state index in [4.69, 9.17) is 0 Å². The van der Waals surface area contributed by atoms with Crippen LogP contribution in [0.1, 0.15) is 6.92 Å². The number of nitrogens with one attached hydrogen (secondary N) is 1. The van der Waals surface area contributed by atoms with E-state index in [2.05, 4.69) is 15.4 Å². The molecule has 4 aromatic rings. The summed E-state index contributed by atoms with van der Waals surface area (Å²) >= 11 is 0. The molecule has 0 bridgehead atoms. The van der Waals surface area contributed by atoms with Crippen molar-refractivity contribution in [3.05, 3.63) is 79.4 Å². The van der Waals surface area contributed by atoms with Gasteiger partial charge in [0.2, 0.25) is 5.91 Å². The molecule has 0 saturated carbocycles. The molecule has 1 amide bonds. The molecule has 0 saturated heterocycles. The van der Waals surface area contributed by atoms with Crippen LogP contribution in [0, 0.1) is 0 Å². The van der Waals surface area contributed by atoms with E-state index in [9.17, 15) is 4.79 Å². The van der Waals surface area contributed by atoms with Crippen LogP contribution in [0.3, 0.4) is 0 Å². The van der Waals surface area contributed by atoms with Gasteiger partial charge in [0.05, 0.1) is 5.69 Å². The van der Waals surface area contributed by atoms with Gasteiger partial charge in [-0.3, -0.25) is 9.36 Å². The Morgan fingerprint density at radius 1 is 0.962 bits per heavy atom. The number of hydrogen-bond acceptors (Lipinski definition) is 3. The zero-order chi connectivity index (χ0) is 17.9. The summed E-state index contributed by atoms with van der Waals surface area (Å²) in [5, 5.41) is 7.09. The molecule has 2 heterocycles. The number of hydrogen-bond donors (Lipinski definition) is 1. The minimum absolute atomic E-state index is 0.0973. The number of nitrogens with zero attached hydrogens (tertiary/aromatic N) is 4. The van der Waals surface area contributed by atoms with E-state index < -0.39 is 0 Å². The summed E-state index contributed by atoms with van der Waals surface area (Å²) in [6.45, 7) is 1.50. The largest absolute Gasteiger partial charge is 0.326 e. The predicted octanol–water partition coefficient (Wildman–Crippen LogP) is 3.68. The minimum atomic E-state index is -0.0973. The Morgan fingerprint density at radius 3 is 2.62 bits per heavy atom. The molecule has 6 nitrogen and oxygen atoms in total. The summed E-state index contributed by atoms with van der Waals surface area (Å²) < 4.78 is 3.81. The third kappa shape index (κ3) is 3.12. The van der Waals surface area contributed by atoms with Gasteiger partial charge in [-0.05, 0) is 36.4 Å². The molecule has 0 fully saturated rings. The van der Waals surface area contributed by atoms with E-state index in [1.54, 1.807) is 12.4 Å². The monoisotopic (exact) mass is 343 g/mol. The molecule has 1 N–H and O–H groups in total. The Kier molecular flexibility index (Phi) is 4.07. The molecule has 2 aromatic heterocycles. The standard InChI is InChI=1S/C20H17N5O/c1-15(26)23-17-6-3-7-18(14-17)24-12-10-21-20(24)16-5-2-8-19(13-16)25-11-4-9-22-25/h2-14H,1H3,(H,23,26). The molecule has 0 aliphatic heterocycles. The number of rotatable bonds is 4. The summed E-state index contributed by atoms with van der Waals surface area (Å²) in [6.07, 6.45) is 7.33. The lowest BCUT2D eigenvalue weighted by atomic mass is 10.2. The van der Waals surface area contributed by atoms with E-state index >= 15 is 0 Å². The van der Waals surface area contributed by atoms with Crippen LogP contribution in [-0.4, -0.2) is 25.2 Å². The van der Waals surface area contributed by atoms with Crippen LogP contribution in [0.5, 0.6) is 0 Å². The van der Waals surface area contributed by atoms with Crippen LogP contribution < -0.4 is 5.32 Å². The molecule has 0 aliphatic rings. The van der Waals surface area contributed by atoms with Crippen LogP contribution in [0.15, 0.2) is 79.4 Å². The van der Waals surface area contributed by atoms with Crippen LogP contribution in [0.4, 0.5) is 5.69 Å². The fraction of sp³-hybridized carbons (Fsp3) is 0.0500. The van der Waals surface area contributed by atoms with Gasteiger partial charge in [0.15, 0.2) is 0 Å². The van der Waals surface area contributed by atoms with Crippen LogP contribution in [0.2, 0.25) is 0 Å². The summed E-state index contributed by atoms with van der Waals surface area (Å²) in [5.74, 6) is 0.721. The third-order valence-corrected chi connectivity index (χ3v) is 3.96. The van der Waals surface area contributed by atoms with Gasteiger partial charge >= 0.3 is 0 Å². The van der Waals surface area contributed by atoms with E-state index in [0.29, 0.717) is 0 Å². The van der Waals surface area contributed by atoms with Crippen LogP contribution in [0.25, 0.3) is 22.8 Å². The highest BCUT2D eigenvalue weighted by molar-refractivity contribution is 5.89. The van der Waals surface area contributed by atoms with Gasteiger partial charge in [-0.1, -0.05) is 18.2 Å². The Hall–Kier alpha value is -3.67. The molecular weight excluding hydrogens is 326 g/mol. The summed E-state index contributed by atoms with van der Waals surface area (Å²) in [5.41, 5.74) is 3.62. The molecule has 0 unspecified atom stereocenters. The first kappa shape index (κ1) is 15.8. The quantitative estimate of drug-likeness (QED) is 0.615. The second kappa shape index (κ2) is 6.68. The lowest BCUT2D eigenvalue weighted by Crippen LogP contribution is -2.06. The average Bonchev–Trinajstić information content (AvgIpc) is 3.33. The van der Waals surface area contributed by atoms with E-state index in [1.165, 1.54) is 6.92 Å². The van der Waals surface area contributed by atoms with Gasteiger partial charge in [0.1, 0.15) is 5.82 Å². The lowest BCUT2D eigenvalue weighted by Gasteiger charge is -2.11. The second-order valence-corrected chi connectivity index (χ2v) is 5.85. The molecule has 0 radical (unpaired) electrons. The van der Waals surface area contributed by atoms with Crippen molar-refractivity contribution in [1.82, 2.24) is 19.3 Å². The third-order valence-electron chi connectivity index (χ3n) is 3.96. The van der Waals surface area contributed by atoms with Gasteiger partial charge in [-0.25, -0.2) is 9.67 Å². The molecule has 128 valence electrons. The number of carbonyl (C=O) groups excluding carboxylic acids is 1. The first-order chi connectivity index (χ1) is 12.7. The van der Waals surface area contributed by atoms with E-state index in [0.717, 1.165) is 28.5 Å². The lowest BCUT2D eigenvalue weighted by molar-refractivity contribution is -0.114. The molecular formula is C20H17N5O. The summed E-state index contributed by atoms with van der Waals surface area (Å²) in [4.78, 5) is 15.8. The number of aromatic nitrogens is 4. The molecule has 2 aromatic carbocycles. The zero-order valence-electron chi connectivity index (χ0n) is 14.2. The van der Waals surface area contributed by atoms with Crippen LogP contribution >= 0.6 is 0 Å². The number of imidazole rings is 1. The number of benzene rings is 2. The molecule has 6 heteroatoms. The Balaban J connectivity index is 1.74. The SMILES string of the molecule is CC(=O)Nc1cccc(-n2ccnc2-c2cccc(-n3cccn3)c2)c1. The maximum absolute atomic E-state index is 11.3. The molecule has 0 aliphatic carbocycles. The van der Waals surface area contributed by atoms with E-state index in [-0.39, 0.29) is 5.91 Å². The molecule has 0 atom stereocenters. The Bertz CT molecular complexity index is 1050. The van der Waals surface area contributed by atoms with Crippen molar-refractivity contribution in [3.8, 4) is 22.8 Å². The molecule has 26 heavy (non-hydrogen) atoms. The predicted molar refractivity (Wildman–Crippen MR) is 100 cm³/mol. The second-order valence-electron chi connectivity index (χ2n) is 5.85. The molecule has 0 spiro atoms. The topological polar surface area (TPSA) is 64.7 Å². The maximum atomic E-state index is 11.3. The average molecular weight is 343 g/mol. The van der Waals surface area contributed by atoms with Crippen molar-refractivity contribution in [2.45, 2.75) is 6.92 Å². The number of anilines is 1. The minimum Gasteiger partial charge on any atom is -0.326 e. The highest BCUT2D eigenvalue weighted by atomic mass is 16.1. The normalized spacial score (nSPS) is 10.7. The number of carbonyl (C=O) groups is 1. The van der Waals surface area contributed by atoms with E-state index in [1.807, 2.05) is 76.2 Å². The van der Waals surface area contributed by atoms with Gasteiger partial charge in [-0.2, -0.15) is 5.10 Å². The van der Waals surface area contributed by atoms with Crippen molar-refractivity contribution in [3.63, 3.8) is 0 Å². The fourth-order valence-corrected chi connectivity index (χ4v) is 2.87. The van der Waals surface area contributed by atoms with Gasteiger partial charge < -0.3 is 5.32 Å². The Morgan fingerprint density at radius 2 is 1.81 bits per heavy atom. The first-order valence-electron chi connectivity index (χ1n) is 8.22. The maximum Gasteiger partial charge on any atom is 0.221 e. The van der Waals surface area contributed by atoms with Crippen LogP contribution in [-0.2, 0) is 4.79 Å². The highest BCUT2D eigenvalue weighted by Gasteiger charge is 2.10. The van der Waals surface area contributed by atoms with Crippen molar-refractivity contribution in [1.29, 1.82) is 0 Å². The fourth-order valence-electron chi connectivity index (χ4n) is 2.87. The zero-order valence-corrected chi connectivity index (χ0v) is 14.2. The first-order valence-corrected chi connectivity index (χ1v) is 8.22. The van der Waals surface area contributed by atoms with Gasteiger partial charge in [-0.15, -0.1) is 0 Å². The summed E-state index contributed by atoms with van der Waals surface area (Å²) in [6, 6.07) is 17.6. The molecule has 4 rings (SSSR count). The van der Waals surface area contributed by atoms with Crippen molar-refractivity contribution in [2.75, 3.05) is 5.32 Å². The summed E-state index contributed by atoms with van der Waals surface area (Å²) in [7, 11) is 0. The van der Waals surface area contributed by atoms with Gasteiger partial charge in [0.25, 0.3) is 0 Å².